The number of aromatic nitrogens is 2. The van der Waals surface area contributed by atoms with Crippen molar-refractivity contribution in [2.75, 3.05) is 0 Å². The highest BCUT2D eigenvalue weighted by Crippen LogP contribution is 2.35. The molecule has 0 saturated carbocycles. The van der Waals surface area contributed by atoms with Crippen molar-refractivity contribution in [2.45, 2.75) is 32.7 Å². The largest absolute Gasteiger partial charge is 0.477 e. The number of aromatic carboxylic acids is 1. The van der Waals surface area contributed by atoms with E-state index >= 15 is 0 Å². The van der Waals surface area contributed by atoms with Gasteiger partial charge in [-0.1, -0.05) is 0 Å². The molecular weight excluding hydrogens is 262 g/mol. The molecule has 0 radical (unpaired) electrons. The fourth-order valence-electron chi connectivity index (χ4n) is 1.65. The van der Waals surface area contributed by atoms with Crippen LogP contribution in [0.25, 0.3) is 10.2 Å². The highest BCUT2D eigenvalue weighted by Gasteiger charge is 2.27. The van der Waals surface area contributed by atoms with E-state index in [-0.39, 0.29) is 16.0 Å². The summed E-state index contributed by atoms with van der Waals surface area (Å²) >= 11 is 0.965. The van der Waals surface area contributed by atoms with Crippen molar-refractivity contribution in [1.82, 2.24) is 9.78 Å². The van der Waals surface area contributed by atoms with Gasteiger partial charge in [0.25, 0.3) is 6.43 Å². The number of hydrogen-bond acceptors (Lipinski definition) is 3. The average Bonchev–Trinajstić information content (AvgIpc) is 2.70. The third-order valence-corrected chi connectivity index (χ3v) is 3.54. The van der Waals surface area contributed by atoms with Gasteiger partial charge in [-0.05, 0) is 26.8 Å². The molecule has 0 bridgehead atoms. The van der Waals surface area contributed by atoms with Crippen molar-refractivity contribution >= 4 is 27.5 Å². The summed E-state index contributed by atoms with van der Waals surface area (Å²) in [4.78, 5) is 11.4. The third kappa shape index (κ3) is 1.98. The molecule has 0 spiro atoms. The predicted molar refractivity (Wildman–Crippen MR) is 64.5 cm³/mol. The van der Waals surface area contributed by atoms with E-state index in [0.29, 0.717) is 4.83 Å². The number of thiophene rings is 1. The Labute approximate surface area is 106 Å². The highest BCUT2D eigenvalue weighted by molar-refractivity contribution is 7.20. The first kappa shape index (κ1) is 12.9. The topological polar surface area (TPSA) is 55.1 Å². The molecule has 0 fully saturated rings. The van der Waals surface area contributed by atoms with Crippen LogP contribution in [0.5, 0.6) is 0 Å². The summed E-state index contributed by atoms with van der Waals surface area (Å²) in [6.45, 7) is 5.48. The number of fused-ring (bicyclic) bond motifs is 1. The van der Waals surface area contributed by atoms with Gasteiger partial charge >= 0.3 is 5.97 Å². The van der Waals surface area contributed by atoms with E-state index < -0.39 is 17.9 Å². The van der Waals surface area contributed by atoms with Crippen LogP contribution >= 0.6 is 11.3 Å². The van der Waals surface area contributed by atoms with E-state index in [1.54, 1.807) is 0 Å². The Balaban J connectivity index is 2.76. The second kappa shape index (κ2) is 4.01. The zero-order valence-corrected chi connectivity index (χ0v) is 10.9. The third-order valence-electron chi connectivity index (χ3n) is 2.44. The second-order valence-corrected chi connectivity index (χ2v) is 5.93. The number of carboxylic acids is 1. The molecule has 2 rings (SSSR count). The van der Waals surface area contributed by atoms with E-state index in [2.05, 4.69) is 5.10 Å². The molecule has 0 saturated heterocycles. The minimum atomic E-state index is -2.72. The zero-order chi connectivity index (χ0) is 13.7. The lowest BCUT2D eigenvalue weighted by Crippen LogP contribution is -2.22. The zero-order valence-electron chi connectivity index (χ0n) is 10.1. The van der Waals surface area contributed by atoms with E-state index in [9.17, 15) is 13.6 Å². The molecule has 0 aliphatic rings. The average molecular weight is 274 g/mol. The van der Waals surface area contributed by atoms with Gasteiger partial charge in [0.2, 0.25) is 0 Å². The maximum Gasteiger partial charge on any atom is 0.345 e. The summed E-state index contributed by atoms with van der Waals surface area (Å²) in [5, 5.41) is 13.0. The number of rotatable bonds is 2. The van der Waals surface area contributed by atoms with Crippen LogP contribution in [-0.2, 0) is 5.54 Å². The molecule has 1 N–H and O–H groups in total. The second-order valence-electron chi connectivity index (χ2n) is 4.90. The van der Waals surface area contributed by atoms with E-state index in [1.165, 1.54) is 10.7 Å². The lowest BCUT2D eigenvalue weighted by atomic mass is 10.1. The molecule has 4 nitrogen and oxygen atoms in total. The predicted octanol–water partition coefficient (Wildman–Crippen LogP) is 3.49. The van der Waals surface area contributed by atoms with Crippen molar-refractivity contribution in [2.24, 2.45) is 0 Å². The minimum Gasteiger partial charge on any atom is -0.477 e. The molecule has 0 atom stereocenters. The molecule has 2 aromatic rings. The Morgan fingerprint density at radius 3 is 2.56 bits per heavy atom. The van der Waals surface area contributed by atoms with Gasteiger partial charge in [0.1, 0.15) is 15.4 Å². The quantitative estimate of drug-likeness (QED) is 0.912. The smallest absolute Gasteiger partial charge is 0.345 e. The van der Waals surface area contributed by atoms with Crippen LogP contribution in [0.15, 0.2) is 6.07 Å². The fourth-order valence-corrected chi connectivity index (χ4v) is 2.80. The van der Waals surface area contributed by atoms with Gasteiger partial charge in [-0.2, -0.15) is 5.10 Å². The van der Waals surface area contributed by atoms with Crippen LogP contribution in [0, 0.1) is 0 Å². The summed E-state index contributed by atoms with van der Waals surface area (Å²) in [6, 6.07) is 1.26. The van der Waals surface area contributed by atoms with E-state index in [1.807, 2.05) is 20.8 Å². The Morgan fingerprint density at radius 1 is 1.50 bits per heavy atom. The van der Waals surface area contributed by atoms with Gasteiger partial charge in [-0.25, -0.2) is 18.3 Å². The van der Waals surface area contributed by atoms with Crippen molar-refractivity contribution in [1.29, 1.82) is 0 Å². The number of nitrogens with zero attached hydrogens (tertiary/aromatic N) is 2. The summed E-state index contributed by atoms with van der Waals surface area (Å²) in [7, 11) is 0. The van der Waals surface area contributed by atoms with E-state index in [4.69, 9.17) is 5.11 Å². The first-order valence-corrected chi connectivity index (χ1v) is 6.08. The van der Waals surface area contributed by atoms with Crippen molar-refractivity contribution < 1.29 is 18.7 Å². The van der Waals surface area contributed by atoms with Crippen molar-refractivity contribution in [3.05, 3.63) is 16.6 Å². The highest BCUT2D eigenvalue weighted by atomic mass is 32.1. The first-order chi connectivity index (χ1) is 8.21. The molecule has 0 amide bonds. The molecule has 0 aromatic carbocycles. The normalized spacial score (nSPS) is 12.6. The Bertz CT molecular complexity index is 610. The minimum absolute atomic E-state index is 0.0438. The standard InChI is InChI=1S/C11H12F2N2O2S/c1-11(2,3)15-9-5(7(14-15)8(12)13)4-6(18-9)10(16)17/h4,8H,1-3H3,(H,16,17). The number of hydrogen-bond donors (Lipinski definition) is 1. The summed E-state index contributed by atoms with van der Waals surface area (Å²) in [6.07, 6.45) is -2.72. The summed E-state index contributed by atoms with van der Waals surface area (Å²) in [5.74, 6) is -1.11. The monoisotopic (exact) mass is 274 g/mol. The molecule has 0 aliphatic carbocycles. The Hall–Kier alpha value is -1.50. The Morgan fingerprint density at radius 2 is 2.11 bits per heavy atom. The maximum absolute atomic E-state index is 12.9. The number of carbonyl (C=O) groups is 1. The van der Waals surface area contributed by atoms with Crippen LogP contribution in [0.3, 0.4) is 0 Å². The summed E-state index contributed by atoms with van der Waals surface area (Å²) in [5.41, 5.74) is -0.838. The fraction of sp³-hybridized carbons (Fsp3) is 0.455. The van der Waals surface area contributed by atoms with Gasteiger partial charge in [-0.15, -0.1) is 11.3 Å². The first-order valence-electron chi connectivity index (χ1n) is 5.26. The van der Waals surface area contributed by atoms with Crippen LogP contribution in [-0.4, -0.2) is 20.9 Å². The van der Waals surface area contributed by atoms with Gasteiger partial charge in [0.05, 0.1) is 5.54 Å². The van der Waals surface area contributed by atoms with Crippen LogP contribution in [0.1, 0.15) is 42.6 Å². The molecule has 2 aromatic heterocycles. The molecule has 2 heterocycles. The van der Waals surface area contributed by atoms with Crippen molar-refractivity contribution in [3.8, 4) is 0 Å². The maximum atomic E-state index is 12.9. The van der Waals surface area contributed by atoms with Gasteiger partial charge < -0.3 is 5.11 Å². The lowest BCUT2D eigenvalue weighted by molar-refractivity contribution is 0.0702. The number of alkyl halides is 2. The van der Waals surface area contributed by atoms with Crippen LogP contribution in [0.2, 0.25) is 0 Å². The van der Waals surface area contributed by atoms with Gasteiger partial charge in [0, 0.05) is 5.39 Å². The Kier molecular flexibility index (Phi) is 2.89. The SMILES string of the molecule is CC(C)(C)n1nc(C(F)F)c2cc(C(=O)O)sc21. The van der Waals surface area contributed by atoms with Crippen molar-refractivity contribution in [3.63, 3.8) is 0 Å². The number of halogens is 2. The molecule has 98 valence electrons. The molecule has 18 heavy (non-hydrogen) atoms. The number of carboxylic acid groups (broad SMARTS) is 1. The summed E-state index contributed by atoms with van der Waals surface area (Å²) < 4.78 is 27.2. The van der Waals surface area contributed by atoms with Crippen LogP contribution in [0.4, 0.5) is 8.78 Å². The molecule has 0 unspecified atom stereocenters. The van der Waals surface area contributed by atoms with E-state index in [0.717, 1.165) is 11.3 Å². The van der Waals surface area contributed by atoms with Gasteiger partial charge in [0.15, 0.2) is 0 Å². The lowest BCUT2D eigenvalue weighted by Gasteiger charge is -2.19. The molecule has 7 heteroatoms. The van der Waals surface area contributed by atoms with Crippen LogP contribution < -0.4 is 0 Å². The van der Waals surface area contributed by atoms with Gasteiger partial charge in [-0.3, -0.25) is 0 Å². The molecular formula is C11H12F2N2O2S. The molecule has 0 aliphatic heterocycles.